The van der Waals surface area contributed by atoms with Crippen molar-refractivity contribution >= 4 is 18.5 Å². The molecule has 1 heterocycles. The Morgan fingerprint density at radius 1 is 1.53 bits per heavy atom. The summed E-state index contributed by atoms with van der Waals surface area (Å²) in [7, 11) is 1.81. The first-order chi connectivity index (χ1) is 8.18. The van der Waals surface area contributed by atoms with E-state index >= 15 is 0 Å². The molecule has 2 rings (SSSR count). The Kier molecular flexibility index (Phi) is 4.07. The first kappa shape index (κ1) is 12.5. The van der Waals surface area contributed by atoms with Gasteiger partial charge in [-0.25, -0.2) is 0 Å². The van der Waals surface area contributed by atoms with Crippen LogP contribution < -0.4 is 0 Å². The van der Waals surface area contributed by atoms with Crippen LogP contribution in [-0.2, 0) is 4.74 Å². The standard InChI is InChI=1S/C13H17NO2S/c1-14(9-10-5-4-8-16-10)13(15)11-6-2-3-7-12(11)17/h2-3,6-7,10,17H,4-5,8-9H2,1H3. The molecule has 0 bridgehead atoms. The minimum Gasteiger partial charge on any atom is -0.376 e. The molecule has 1 aromatic carbocycles. The molecule has 0 N–H and O–H groups in total. The van der Waals surface area contributed by atoms with Gasteiger partial charge in [-0.15, -0.1) is 12.6 Å². The second kappa shape index (κ2) is 5.56. The second-order valence-electron chi connectivity index (χ2n) is 4.34. The Morgan fingerprint density at radius 2 is 2.29 bits per heavy atom. The molecular weight excluding hydrogens is 234 g/mol. The van der Waals surface area contributed by atoms with Gasteiger partial charge in [-0.3, -0.25) is 4.79 Å². The van der Waals surface area contributed by atoms with Crippen LogP contribution in [-0.4, -0.2) is 37.1 Å². The number of carbonyl (C=O) groups excluding carboxylic acids is 1. The second-order valence-corrected chi connectivity index (χ2v) is 4.82. The van der Waals surface area contributed by atoms with Gasteiger partial charge in [0.05, 0.1) is 11.7 Å². The van der Waals surface area contributed by atoms with E-state index in [1.54, 1.807) is 11.0 Å². The van der Waals surface area contributed by atoms with E-state index in [2.05, 4.69) is 12.6 Å². The number of nitrogens with zero attached hydrogens (tertiary/aromatic N) is 1. The number of thiol groups is 1. The summed E-state index contributed by atoms with van der Waals surface area (Å²) in [4.78, 5) is 14.6. The highest BCUT2D eigenvalue weighted by atomic mass is 32.1. The van der Waals surface area contributed by atoms with Gasteiger partial charge in [0, 0.05) is 25.1 Å². The number of amides is 1. The smallest absolute Gasteiger partial charge is 0.254 e. The van der Waals surface area contributed by atoms with Gasteiger partial charge >= 0.3 is 0 Å². The predicted octanol–water partition coefficient (Wildman–Crippen LogP) is 2.23. The molecule has 92 valence electrons. The summed E-state index contributed by atoms with van der Waals surface area (Å²) >= 11 is 4.30. The third kappa shape index (κ3) is 3.01. The van der Waals surface area contributed by atoms with Crippen molar-refractivity contribution in [3.8, 4) is 0 Å². The minimum absolute atomic E-state index is 0.00565. The van der Waals surface area contributed by atoms with Crippen LogP contribution in [0.25, 0.3) is 0 Å². The first-order valence-electron chi connectivity index (χ1n) is 5.83. The molecule has 0 aromatic heterocycles. The summed E-state index contributed by atoms with van der Waals surface area (Å²) in [6.07, 6.45) is 2.33. The van der Waals surface area contributed by atoms with Crippen molar-refractivity contribution in [1.29, 1.82) is 0 Å². The summed E-state index contributed by atoms with van der Waals surface area (Å²) in [6.45, 7) is 1.47. The maximum absolute atomic E-state index is 12.2. The van der Waals surface area contributed by atoms with Crippen LogP contribution in [0.2, 0.25) is 0 Å². The number of hydrogen-bond acceptors (Lipinski definition) is 3. The lowest BCUT2D eigenvalue weighted by atomic mass is 10.2. The molecule has 1 unspecified atom stereocenters. The lowest BCUT2D eigenvalue weighted by Gasteiger charge is -2.21. The van der Waals surface area contributed by atoms with E-state index in [1.807, 2.05) is 25.2 Å². The molecule has 1 aromatic rings. The molecule has 0 radical (unpaired) electrons. The molecule has 0 aliphatic carbocycles. The maximum atomic E-state index is 12.2. The maximum Gasteiger partial charge on any atom is 0.254 e. The van der Waals surface area contributed by atoms with Crippen LogP contribution in [0.3, 0.4) is 0 Å². The minimum atomic E-state index is 0.00565. The van der Waals surface area contributed by atoms with E-state index in [0.717, 1.165) is 24.3 Å². The van der Waals surface area contributed by atoms with E-state index in [9.17, 15) is 4.79 Å². The fraction of sp³-hybridized carbons (Fsp3) is 0.462. The number of rotatable bonds is 3. The predicted molar refractivity (Wildman–Crippen MR) is 69.6 cm³/mol. The SMILES string of the molecule is CN(CC1CCCO1)C(=O)c1ccccc1S. The first-order valence-corrected chi connectivity index (χ1v) is 6.28. The highest BCUT2D eigenvalue weighted by Crippen LogP contribution is 2.17. The molecule has 4 heteroatoms. The summed E-state index contributed by atoms with van der Waals surface area (Å²) in [5.74, 6) is 0.00565. The number of benzene rings is 1. The molecule has 1 amide bonds. The van der Waals surface area contributed by atoms with Crippen molar-refractivity contribution in [2.24, 2.45) is 0 Å². The molecule has 17 heavy (non-hydrogen) atoms. The van der Waals surface area contributed by atoms with Crippen LogP contribution >= 0.6 is 12.6 Å². The Hall–Kier alpha value is -1.00. The third-order valence-electron chi connectivity index (χ3n) is 2.98. The van der Waals surface area contributed by atoms with Gasteiger partial charge < -0.3 is 9.64 Å². The van der Waals surface area contributed by atoms with Gasteiger partial charge in [0.25, 0.3) is 5.91 Å². The van der Waals surface area contributed by atoms with Crippen molar-refractivity contribution in [1.82, 2.24) is 4.90 Å². The number of likely N-dealkylation sites (N-methyl/N-ethyl adjacent to an activating group) is 1. The van der Waals surface area contributed by atoms with E-state index in [-0.39, 0.29) is 12.0 Å². The molecule has 1 atom stereocenters. The third-order valence-corrected chi connectivity index (χ3v) is 3.37. The average Bonchev–Trinajstić information content (AvgIpc) is 2.81. The van der Waals surface area contributed by atoms with Crippen molar-refractivity contribution < 1.29 is 9.53 Å². The van der Waals surface area contributed by atoms with Gasteiger partial charge in [-0.2, -0.15) is 0 Å². The monoisotopic (exact) mass is 251 g/mol. The molecule has 1 aliphatic rings. The van der Waals surface area contributed by atoms with Gasteiger partial charge in [0.2, 0.25) is 0 Å². The van der Waals surface area contributed by atoms with Crippen molar-refractivity contribution in [2.45, 2.75) is 23.8 Å². The van der Waals surface area contributed by atoms with Gasteiger partial charge in [-0.1, -0.05) is 12.1 Å². The Balaban J connectivity index is 2.01. The fourth-order valence-electron chi connectivity index (χ4n) is 2.04. The van der Waals surface area contributed by atoms with Gasteiger partial charge in [0.15, 0.2) is 0 Å². The van der Waals surface area contributed by atoms with Crippen LogP contribution in [0.4, 0.5) is 0 Å². The molecule has 1 fully saturated rings. The Morgan fingerprint density at radius 3 is 2.94 bits per heavy atom. The Labute approximate surface area is 107 Å². The summed E-state index contributed by atoms with van der Waals surface area (Å²) in [5.41, 5.74) is 0.649. The summed E-state index contributed by atoms with van der Waals surface area (Å²) in [6, 6.07) is 7.36. The quantitative estimate of drug-likeness (QED) is 0.835. The number of hydrogen-bond donors (Lipinski definition) is 1. The van der Waals surface area contributed by atoms with Crippen LogP contribution in [0.15, 0.2) is 29.2 Å². The van der Waals surface area contributed by atoms with E-state index in [1.165, 1.54) is 0 Å². The zero-order valence-corrected chi connectivity index (χ0v) is 10.8. The van der Waals surface area contributed by atoms with Crippen molar-refractivity contribution in [3.63, 3.8) is 0 Å². The molecular formula is C13H17NO2S. The molecule has 0 spiro atoms. The number of ether oxygens (including phenoxy) is 1. The zero-order valence-electron chi connectivity index (χ0n) is 9.93. The fourth-order valence-corrected chi connectivity index (χ4v) is 2.29. The molecule has 1 aliphatic heterocycles. The van der Waals surface area contributed by atoms with Gasteiger partial charge in [-0.05, 0) is 25.0 Å². The molecule has 0 saturated carbocycles. The zero-order chi connectivity index (χ0) is 12.3. The molecule has 1 saturated heterocycles. The lowest BCUT2D eigenvalue weighted by Crippen LogP contribution is -2.34. The normalized spacial score (nSPS) is 19.3. The Bertz CT molecular complexity index is 402. The van der Waals surface area contributed by atoms with Crippen LogP contribution in [0, 0.1) is 0 Å². The summed E-state index contributed by atoms with van der Waals surface area (Å²) in [5, 5.41) is 0. The highest BCUT2D eigenvalue weighted by molar-refractivity contribution is 7.80. The van der Waals surface area contributed by atoms with Gasteiger partial charge in [0.1, 0.15) is 0 Å². The van der Waals surface area contributed by atoms with E-state index in [4.69, 9.17) is 4.74 Å². The highest BCUT2D eigenvalue weighted by Gasteiger charge is 2.21. The average molecular weight is 251 g/mol. The topological polar surface area (TPSA) is 29.5 Å². The lowest BCUT2D eigenvalue weighted by molar-refractivity contribution is 0.0584. The van der Waals surface area contributed by atoms with Crippen molar-refractivity contribution in [2.75, 3.05) is 20.2 Å². The largest absolute Gasteiger partial charge is 0.376 e. The van der Waals surface area contributed by atoms with Crippen LogP contribution in [0.5, 0.6) is 0 Å². The van der Waals surface area contributed by atoms with Crippen molar-refractivity contribution in [3.05, 3.63) is 29.8 Å². The van der Waals surface area contributed by atoms with Crippen LogP contribution in [0.1, 0.15) is 23.2 Å². The number of carbonyl (C=O) groups is 1. The van der Waals surface area contributed by atoms with E-state index in [0.29, 0.717) is 12.1 Å². The van der Waals surface area contributed by atoms with E-state index < -0.39 is 0 Å². The molecule has 3 nitrogen and oxygen atoms in total. The summed E-state index contributed by atoms with van der Waals surface area (Å²) < 4.78 is 5.53.